The predicted octanol–water partition coefficient (Wildman–Crippen LogP) is 3.62. The van der Waals surface area contributed by atoms with E-state index in [1.54, 1.807) is 37.6 Å². The normalized spacial score (nSPS) is 11.8. The predicted molar refractivity (Wildman–Crippen MR) is 122 cm³/mol. The molecule has 5 aromatic rings. The van der Waals surface area contributed by atoms with E-state index in [2.05, 4.69) is 20.4 Å². The number of hydrogen-bond donors (Lipinski definition) is 1. The lowest BCUT2D eigenvalue weighted by Crippen LogP contribution is -2.24. The second-order valence-corrected chi connectivity index (χ2v) is 7.83. The molecule has 5 rings (SSSR count). The molecule has 0 fully saturated rings. The van der Waals surface area contributed by atoms with Gasteiger partial charge in [-0.15, -0.1) is 0 Å². The zero-order valence-electron chi connectivity index (χ0n) is 18.2. The summed E-state index contributed by atoms with van der Waals surface area (Å²) in [6.07, 6.45) is 0.189. The molecule has 0 aliphatic heterocycles. The van der Waals surface area contributed by atoms with Crippen LogP contribution in [0.25, 0.3) is 27.5 Å². The number of carbonyl (C=O) groups is 1. The Morgan fingerprint density at radius 1 is 1.03 bits per heavy atom. The average molecular weight is 478 g/mol. The summed E-state index contributed by atoms with van der Waals surface area (Å²) in [5.41, 5.74) is 0.122. The number of aryl methyl sites for hydroxylation is 1. The highest BCUT2D eigenvalue weighted by Crippen LogP contribution is 2.30. The molecule has 0 aliphatic rings. The zero-order valence-corrected chi connectivity index (χ0v) is 18.2. The molecule has 0 unspecified atom stereocenters. The minimum Gasteiger partial charge on any atom is -0.345 e. The Bertz CT molecular complexity index is 1620. The Hall–Kier alpha value is -4.54. The van der Waals surface area contributed by atoms with E-state index in [1.165, 1.54) is 33.6 Å². The van der Waals surface area contributed by atoms with E-state index in [9.17, 15) is 22.8 Å². The van der Waals surface area contributed by atoms with Gasteiger partial charge in [0.15, 0.2) is 0 Å². The molecule has 11 heteroatoms. The van der Waals surface area contributed by atoms with Crippen LogP contribution in [0.5, 0.6) is 0 Å². The maximum absolute atomic E-state index is 13.3. The van der Waals surface area contributed by atoms with Crippen LogP contribution in [0.15, 0.2) is 71.9 Å². The number of pyridine rings is 1. The average Bonchev–Trinajstić information content (AvgIpc) is 3.25. The summed E-state index contributed by atoms with van der Waals surface area (Å²) < 4.78 is 41.9. The Morgan fingerprint density at radius 2 is 1.74 bits per heavy atom. The summed E-state index contributed by atoms with van der Waals surface area (Å²) in [5.74, 6) is 0.0700. The van der Waals surface area contributed by atoms with Crippen molar-refractivity contribution < 1.29 is 18.0 Å². The van der Waals surface area contributed by atoms with Crippen molar-refractivity contribution in [3.63, 3.8) is 0 Å². The van der Waals surface area contributed by atoms with Gasteiger partial charge in [-0.1, -0.05) is 0 Å². The van der Waals surface area contributed by atoms with Gasteiger partial charge < -0.3 is 5.32 Å². The number of amides is 1. The van der Waals surface area contributed by atoms with Crippen molar-refractivity contribution >= 4 is 27.7 Å². The van der Waals surface area contributed by atoms with Crippen LogP contribution in [0, 0.1) is 0 Å². The number of nitrogens with zero attached hydrogens (tertiary/aromatic N) is 5. The molecule has 2 aromatic carbocycles. The maximum Gasteiger partial charge on any atom is 0.416 e. The molecule has 0 saturated heterocycles. The SMILES string of the molecule is Cn1cc2c(=O)n(-c3ccc(C(F)(F)F)cc3)c3ccc(C(=O)NCc4ncccn4)cc3c2n1. The van der Waals surface area contributed by atoms with Crippen molar-refractivity contribution in [2.75, 3.05) is 0 Å². The van der Waals surface area contributed by atoms with Crippen LogP contribution >= 0.6 is 0 Å². The minimum absolute atomic E-state index is 0.127. The molecule has 0 aliphatic carbocycles. The van der Waals surface area contributed by atoms with E-state index < -0.39 is 17.3 Å². The second-order valence-electron chi connectivity index (χ2n) is 7.83. The van der Waals surface area contributed by atoms with Crippen LogP contribution in [-0.2, 0) is 19.8 Å². The van der Waals surface area contributed by atoms with Gasteiger partial charge in [0.2, 0.25) is 0 Å². The van der Waals surface area contributed by atoms with Crippen LogP contribution in [0.1, 0.15) is 21.7 Å². The fourth-order valence-corrected chi connectivity index (χ4v) is 3.87. The molecule has 1 amide bonds. The number of fused-ring (bicyclic) bond motifs is 3. The first kappa shape index (κ1) is 22.3. The van der Waals surface area contributed by atoms with Gasteiger partial charge in [-0.25, -0.2) is 9.97 Å². The first-order valence-corrected chi connectivity index (χ1v) is 10.5. The quantitative estimate of drug-likeness (QED) is 0.426. The smallest absolute Gasteiger partial charge is 0.345 e. The van der Waals surface area contributed by atoms with Gasteiger partial charge in [0.05, 0.1) is 23.0 Å². The van der Waals surface area contributed by atoms with Crippen molar-refractivity contribution in [3.05, 3.63) is 94.4 Å². The van der Waals surface area contributed by atoms with Crippen LogP contribution in [0.3, 0.4) is 0 Å². The maximum atomic E-state index is 13.3. The lowest BCUT2D eigenvalue weighted by atomic mass is 10.1. The van der Waals surface area contributed by atoms with Crippen molar-refractivity contribution in [1.82, 2.24) is 29.6 Å². The number of alkyl halides is 3. The number of rotatable bonds is 4. The minimum atomic E-state index is -4.49. The molecule has 3 aromatic heterocycles. The lowest BCUT2D eigenvalue weighted by molar-refractivity contribution is -0.137. The molecule has 176 valence electrons. The largest absolute Gasteiger partial charge is 0.416 e. The Kier molecular flexibility index (Phi) is 5.31. The Morgan fingerprint density at radius 3 is 2.43 bits per heavy atom. The highest BCUT2D eigenvalue weighted by molar-refractivity contribution is 6.07. The highest BCUT2D eigenvalue weighted by Gasteiger charge is 2.30. The van der Waals surface area contributed by atoms with Gasteiger partial charge in [0.25, 0.3) is 11.5 Å². The van der Waals surface area contributed by atoms with E-state index in [4.69, 9.17) is 0 Å². The van der Waals surface area contributed by atoms with E-state index in [0.29, 0.717) is 27.8 Å². The molecule has 3 heterocycles. The number of carbonyl (C=O) groups excluding carboxylic acids is 1. The second kappa shape index (κ2) is 8.35. The molecule has 35 heavy (non-hydrogen) atoms. The Labute approximate surface area is 195 Å². The number of nitrogens with one attached hydrogen (secondary N) is 1. The first-order valence-electron chi connectivity index (χ1n) is 10.5. The van der Waals surface area contributed by atoms with Crippen molar-refractivity contribution in [1.29, 1.82) is 0 Å². The number of hydrogen-bond acceptors (Lipinski definition) is 5. The number of halogens is 3. The van der Waals surface area contributed by atoms with Gasteiger partial charge in [0, 0.05) is 42.3 Å². The molecule has 0 saturated carbocycles. The topological polar surface area (TPSA) is 94.7 Å². The molecule has 0 radical (unpaired) electrons. The van der Waals surface area contributed by atoms with Gasteiger partial charge >= 0.3 is 6.18 Å². The number of benzene rings is 2. The summed E-state index contributed by atoms with van der Waals surface area (Å²) >= 11 is 0. The van der Waals surface area contributed by atoms with Crippen LogP contribution in [0.2, 0.25) is 0 Å². The molecule has 0 spiro atoms. The lowest BCUT2D eigenvalue weighted by Gasteiger charge is -2.13. The Balaban J connectivity index is 1.62. The molecule has 1 N–H and O–H groups in total. The fourth-order valence-electron chi connectivity index (χ4n) is 3.87. The fraction of sp³-hybridized carbons (Fsp3) is 0.125. The summed E-state index contributed by atoms with van der Waals surface area (Å²) in [6.45, 7) is 0.127. The van der Waals surface area contributed by atoms with Gasteiger partial charge in [-0.05, 0) is 48.5 Å². The third-order valence-electron chi connectivity index (χ3n) is 5.50. The molecule has 0 atom stereocenters. The van der Waals surface area contributed by atoms with Gasteiger partial charge in [-0.2, -0.15) is 18.3 Å². The first-order chi connectivity index (χ1) is 16.7. The van der Waals surface area contributed by atoms with Crippen molar-refractivity contribution in [2.24, 2.45) is 7.05 Å². The van der Waals surface area contributed by atoms with Gasteiger partial charge in [0.1, 0.15) is 11.3 Å². The monoisotopic (exact) mass is 478 g/mol. The van der Waals surface area contributed by atoms with Gasteiger partial charge in [-0.3, -0.25) is 18.8 Å². The molecule has 0 bridgehead atoms. The highest BCUT2D eigenvalue weighted by atomic mass is 19.4. The third kappa shape index (κ3) is 4.12. The van der Waals surface area contributed by atoms with Crippen molar-refractivity contribution in [3.8, 4) is 5.69 Å². The number of aromatic nitrogens is 5. The van der Waals surface area contributed by atoms with Crippen molar-refractivity contribution in [2.45, 2.75) is 12.7 Å². The van der Waals surface area contributed by atoms with Crippen LogP contribution in [0.4, 0.5) is 13.2 Å². The molecular formula is C24H17F3N6O2. The third-order valence-corrected chi connectivity index (χ3v) is 5.50. The summed E-state index contributed by atoms with van der Waals surface area (Å²) in [4.78, 5) is 34.2. The van der Waals surface area contributed by atoms with E-state index in [0.717, 1.165) is 12.1 Å². The standard InChI is InChI=1S/C24H17F3N6O2/c1-32-13-18-21(31-32)17-11-14(22(34)30-12-20-28-9-2-10-29-20)3-8-19(17)33(23(18)35)16-6-4-15(5-7-16)24(25,26)27/h2-11,13H,12H2,1H3,(H,30,34). The van der Waals surface area contributed by atoms with E-state index in [-0.39, 0.29) is 23.5 Å². The summed E-state index contributed by atoms with van der Waals surface area (Å²) in [6, 6.07) is 10.7. The zero-order chi connectivity index (χ0) is 24.7. The van der Waals surface area contributed by atoms with E-state index >= 15 is 0 Å². The van der Waals surface area contributed by atoms with Crippen LogP contribution in [-0.4, -0.2) is 30.2 Å². The van der Waals surface area contributed by atoms with Crippen LogP contribution < -0.4 is 10.9 Å². The van der Waals surface area contributed by atoms with E-state index in [1.807, 2.05) is 0 Å². The molecule has 8 nitrogen and oxygen atoms in total. The summed E-state index contributed by atoms with van der Waals surface area (Å²) in [7, 11) is 1.66. The summed E-state index contributed by atoms with van der Waals surface area (Å²) in [5, 5.41) is 7.90. The molecular weight excluding hydrogens is 461 g/mol.